The molecular formula is C10H17BN2O2. The molecule has 15 heavy (non-hydrogen) atoms. The third kappa shape index (κ3) is 1.60. The molecule has 0 radical (unpaired) electrons. The van der Waals surface area contributed by atoms with Crippen LogP contribution in [0, 0.1) is 0 Å². The number of nitrogens with one attached hydrogen (secondary N) is 1. The summed E-state index contributed by atoms with van der Waals surface area (Å²) >= 11 is 0. The second-order valence-corrected chi connectivity index (χ2v) is 4.69. The molecule has 1 fully saturated rings. The Labute approximate surface area is 90.5 Å². The molecule has 5 heteroatoms. The van der Waals surface area contributed by atoms with Crippen molar-refractivity contribution in [3.05, 3.63) is 12.4 Å². The van der Waals surface area contributed by atoms with Gasteiger partial charge in [0.25, 0.3) is 0 Å². The van der Waals surface area contributed by atoms with Gasteiger partial charge in [-0.3, -0.25) is 5.10 Å². The van der Waals surface area contributed by atoms with E-state index in [9.17, 15) is 0 Å². The van der Waals surface area contributed by atoms with Crippen LogP contribution in [0.1, 0.15) is 34.1 Å². The summed E-state index contributed by atoms with van der Waals surface area (Å²) in [4.78, 5) is 0. The van der Waals surface area contributed by atoms with E-state index in [0.29, 0.717) is 0 Å². The van der Waals surface area contributed by atoms with Gasteiger partial charge >= 0.3 is 7.12 Å². The molecule has 0 spiro atoms. The summed E-state index contributed by atoms with van der Waals surface area (Å²) in [6.45, 7) is 8.34. The minimum Gasteiger partial charge on any atom is -0.399 e. The SMILES string of the molecule is CC[C@@]1(C)OB(c2cn[nH]c2)OC1(C)C. The van der Waals surface area contributed by atoms with Gasteiger partial charge in [0, 0.05) is 17.9 Å². The average molecular weight is 208 g/mol. The Morgan fingerprint density at radius 2 is 2.13 bits per heavy atom. The van der Waals surface area contributed by atoms with Gasteiger partial charge in [-0.2, -0.15) is 5.10 Å². The van der Waals surface area contributed by atoms with E-state index in [0.717, 1.165) is 11.9 Å². The zero-order valence-corrected chi connectivity index (χ0v) is 9.70. The maximum atomic E-state index is 5.98. The number of hydrogen-bond donors (Lipinski definition) is 1. The van der Waals surface area contributed by atoms with Crippen LogP contribution in [-0.2, 0) is 9.31 Å². The summed E-state index contributed by atoms with van der Waals surface area (Å²) < 4.78 is 11.9. The fourth-order valence-corrected chi connectivity index (χ4v) is 1.83. The van der Waals surface area contributed by atoms with Crippen molar-refractivity contribution in [1.82, 2.24) is 10.2 Å². The van der Waals surface area contributed by atoms with Crippen molar-refractivity contribution >= 4 is 12.6 Å². The molecule has 1 N–H and O–H groups in total. The van der Waals surface area contributed by atoms with Crippen molar-refractivity contribution in [2.45, 2.75) is 45.3 Å². The smallest absolute Gasteiger partial charge is 0.399 e. The minimum atomic E-state index is -0.302. The predicted molar refractivity (Wildman–Crippen MR) is 58.9 cm³/mol. The lowest BCUT2D eigenvalue weighted by Crippen LogP contribution is -2.44. The molecule has 0 saturated carbocycles. The highest BCUT2D eigenvalue weighted by molar-refractivity contribution is 6.61. The summed E-state index contributed by atoms with van der Waals surface area (Å²) in [5.41, 5.74) is 0.429. The van der Waals surface area contributed by atoms with E-state index in [-0.39, 0.29) is 18.3 Å². The van der Waals surface area contributed by atoms with E-state index < -0.39 is 0 Å². The van der Waals surface area contributed by atoms with Crippen LogP contribution in [-0.4, -0.2) is 28.5 Å². The minimum absolute atomic E-state index is 0.241. The molecule has 0 unspecified atom stereocenters. The zero-order valence-electron chi connectivity index (χ0n) is 9.70. The highest BCUT2D eigenvalue weighted by atomic mass is 16.7. The number of rotatable bonds is 2. The second kappa shape index (κ2) is 3.35. The van der Waals surface area contributed by atoms with Crippen molar-refractivity contribution in [3.63, 3.8) is 0 Å². The molecule has 1 saturated heterocycles. The van der Waals surface area contributed by atoms with Crippen LogP contribution in [0.5, 0.6) is 0 Å². The molecule has 82 valence electrons. The van der Waals surface area contributed by atoms with Gasteiger partial charge in [0.05, 0.1) is 11.2 Å². The Bertz CT molecular complexity index is 339. The molecule has 0 aliphatic carbocycles. The highest BCUT2D eigenvalue weighted by Crippen LogP contribution is 2.39. The summed E-state index contributed by atoms with van der Waals surface area (Å²) in [7, 11) is -0.302. The number of H-pyrrole nitrogens is 1. The van der Waals surface area contributed by atoms with Crippen molar-refractivity contribution in [2.24, 2.45) is 0 Å². The second-order valence-electron chi connectivity index (χ2n) is 4.69. The molecule has 1 aliphatic heterocycles. The van der Waals surface area contributed by atoms with Crippen LogP contribution < -0.4 is 5.46 Å². The fraction of sp³-hybridized carbons (Fsp3) is 0.700. The topological polar surface area (TPSA) is 47.1 Å². The molecule has 4 nitrogen and oxygen atoms in total. The third-order valence-electron chi connectivity index (χ3n) is 3.51. The number of hydrogen-bond acceptors (Lipinski definition) is 3. The summed E-state index contributed by atoms with van der Waals surface area (Å²) in [6.07, 6.45) is 4.47. The summed E-state index contributed by atoms with van der Waals surface area (Å²) in [5.74, 6) is 0. The molecule has 2 rings (SSSR count). The number of nitrogens with zero attached hydrogens (tertiary/aromatic N) is 1. The van der Waals surface area contributed by atoms with Gasteiger partial charge in [-0.05, 0) is 27.2 Å². The summed E-state index contributed by atoms with van der Waals surface area (Å²) in [6, 6.07) is 0. The first-order valence-corrected chi connectivity index (χ1v) is 5.33. The highest BCUT2D eigenvalue weighted by Gasteiger charge is 2.53. The zero-order chi connectivity index (χ0) is 11.1. The molecule has 1 aromatic heterocycles. The monoisotopic (exact) mass is 208 g/mol. The lowest BCUT2D eigenvalue weighted by molar-refractivity contribution is -0.0118. The molecule has 0 bridgehead atoms. The molecule has 1 aliphatic rings. The van der Waals surface area contributed by atoms with E-state index in [1.165, 1.54) is 0 Å². The van der Waals surface area contributed by atoms with Gasteiger partial charge in [0.15, 0.2) is 0 Å². The first kappa shape index (κ1) is 10.7. The van der Waals surface area contributed by atoms with Crippen molar-refractivity contribution in [2.75, 3.05) is 0 Å². The van der Waals surface area contributed by atoms with Crippen LogP contribution >= 0.6 is 0 Å². The van der Waals surface area contributed by atoms with Crippen molar-refractivity contribution < 1.29 is 9.31 Å². The first-order chi connectivity index (χ1) is 6.98. The Hall–Kier alpha value is -0.805. The molecule has 1 aromatic rings. The van der Waals surface area contributed by atoms with Gasteiger partial charge in [0.2, 0.25) is 0 Å². The maximum Gasteiger partial charge on any atom is 0.498 e. The van der Waals surface area contributed by atoms with Crippen molar-refractivity contribution in [1.29, 1.82) is 0 Å². The fourth-order valence-electron chi connectivity index (χ4n) is 1.83. The van der Waals surface area contributed by atoms with E-state index >= 15 is 0 Å². The van der Waals surface area contributed by atoms with Gasteiger partial charge in [-0.15, -0.1) is 0 Å². The van der Waals surface area contributed by atoms with E-state index in [4.69, 9.17) is 9.31 Å². The Kier molecular flexibility index (Phi) is 2.39. The molecule has 0 aromatic carbocycles. The van der Waals surface area contributed by atoms with E-state index in [1.54, 1.807) is 6.20 Å². The Morgan fingerprint density at radius 1 is 1.40 bits per heavy atom. The van der Waals surface area contributed by atoms with E-state index in [1.807, 2.05) is 6.20 Å². The standard InChI is InChI=1S/C10H17BN2O2/c1-5-10(4)9(2,3)14-11(15-10)8-6-12-13-7-8/h6-7H,5H2,1-4H3,(H,12,13)/t10-/m1/s1. The third-order valence-corrected chi connectivity index (χ3v) is 3.51. The van der Waals surface area contributed by atoms with Crippen LogP contribution in [0.15, 0.2) is 12.4 Å². The van der Waals surface area contributed by atoms with Crippen LogP contribution in [0.2, 0.25) is 0 Å². The largest absolute Gasteiger partial charge is 0.498 e. The quantitative estimate of drug-likeness (QED) is 0.740. The van der Waals surface area contributed by atoms with Crippen LogP contribution in [0.3, 0.4) is 0 Å². The lowest BCUT2D eigenvalue weighted by Gasteiger charge is -2.35. The number of aromatic amines is 1. The average Bonchev–Trinajstić information content (AvgIpc) is 2.74. The van der Waals surface area contributed by atoms with Gasteiger partial charge in [0.1, 0.15) is 0 Å². The molecule has 1 atom stereocenters. The Balaban J connectivity index is 2.23. The first-order valence-electron chi connectivity index (χ1n) is 5.33. The van der Waals surface area contributed by atoms with Crippen LogP contribution in [0.4, 0.5) is 0 Å². The maximum absolute atomic E-state index is 5.98. The number of aromatic nitrogens is 2. The lowest BCUT2D eigenvalue weighted by atomic mass is 9.82. The normalized spacial score (nSPS) is 29.7. The summed E-state index contributed by atoms with van der Waals surface area (Å²) in [5, 5.41) is 6.67. The van der Waals surface area contributed by atoms with E-state index in [2.05, 4.69) is 37.9 Å². The Morgan fingerprint density at radius 3 is 2.60 bits per heavy atom. The molecular weight excluding hydrogens is 191 g/mol. The molecule has 0 amide bonds. The van der Waals surface area contributed by atoms with Crippen LogP contribution in [0.25, 0.3) is 0 Å². The van der Waals surface area contributed by atoms with Gasteiger partial charge in [-0.25, -0.2) is 0 Å². The predicted octanol–water partition coefficient (Wildman–Crippen LogP) is 1.10. The van der Waals surface area contributed by atoms with Crippen molar-refractivity contribution in [3.8, 4) is 0 Å². The molecule has 2 heterocycles. The van der Waals surface area contributed by atoms with Gasteiger partial charge in [-0.1, -0.05) is 6.92 Å². The van der Waals surface area contributed by atoms with Gasteiger partial charge < -0.3 is 9.31 Å².